The molecule has 3 rings (SSSR count). The number of methoxy groups -OCH3 is 1. The zero-order chi connectivity index (χ0) is 21.9. The first-order valence-corrected chi connectivity index (χ1v) is 10.8. The van der Waals surface area contributed by atoms with Crippen LogP contribution < -0.4 is 9.88 Å². The Morgan fingerprint density at radius 1 is 1.17 bits per heavy atom. The molecule has 30 heavy (non-hydrogen) atoms. The van der Waals surface area contributed by atoms with Crippen LogP contribution in [0, 0.1) is 0 Å². The Morgan fingerprint density at radius 2 is 1.83 bits per heavy atom. The molecule has 3 aromatic rings. The van der Waals surface area contributed by atoms with Gasteiger partial charge in [0, 0.05) is 11.1 Å². The number of esters is 1. The summed E-state index contributed by atoms with van der Waals surface area (Å²) in [5, 5.41) is 5.53. The third-order valence-electron chi connectivity index (χ3n) is 4.14. The first-order valence-electron chi connectivity index (χ1n) is 8.85. The Morgan fingerprint density at radius 3 is 2.40 bits per heavy atom. The van der Waals surface area contributed by atoms with Gasteiger partial charge in [0.15, 0.2) is 5.76 Å². The number of benzene rings is 2. The molecule has 1 aromatic heterocycles. The number of nitrogens with two attached hydrogens (primary N) is 1. The fourth-order valence-electron chi connectivity index (χ4n) is 2.78. The summed E-state index contributed by atoms with van der Waals surface area (Å²) in [7, 11) is -2.33. The highest BCUT2D eigenvalue weighted by molar-refractivity contribution is 7.89. The minimum Gasteiger partial charge on any atom is -0.495 e. The quantitative estimate of drug-likeness (QED) is 0.547. The van der Waals surface area contributed by atoms with E-state index in [0.717, 1.165) is 0 Å². The van der Waals surface area contributed by atoms with E-state index in [1.165, 1.54) is 19.2 Å². The van der Waals surface area contributed by atoms with Crippen LogP contribution in [0.4, 0.5) is 0 Å². The molecule has 0 aliphatic rings. The number of carbonyl (C=O) groups is 1. The first kappa shape index (κ1) is 21.8. The topological polar surface area (TPSA) is 122 Å². The summed E-state index contributed by atoms with van der Waals surface area (Å²) >= 11 is 6.24. The minimum atomic E-state index is -3.83. The van der Waals surface area contributed by atoms with E-state index in [9.17, 15) is 13.2 Å². The van der Waals surface area contributed by atoms with E-state index < -0.39 is 16.0 Å². The number of ether oxygens (including phenoxy) is 2. The van der Waals surface area contributed by atoms with Crippen molar-refractivity contribution >= 4 is 27.6 Å². The van der Waals surface area contributed by atoms with Crippen molar-refractivity contribution in [1.29, 1.82) is 0 Å². The molecule has 8 nitrogen and oxygen atoms in total. The highest BCUT2D eigenvalue weighted by Gasteiger charge is 2.20. The van der Waals surface area contributed by atoms with E-state index in [4.69, 9.17) is 30.6 Å². The molecule has 0 aliphatic heterocycles. The second kappa shape index (κ2) is 8.86. The Balaban J connectivity index is 2.09. The summed E-state index contributed by atoms with van der Waals surface area (Å²) < 4.78 is 39.0. The van der Waals surface area contributed by atoms with Crippen molar-refractivity contribution in [2.24, 2.45) is 5.14 Å². The van der Waals surface area contributed by atoms with Crippen LogP contribution in [0.3, 0.4) is 0 Å². The van der Waals surface area contributed by atoms with Crippen LogP contribution in [0.25, 0.3) is 22.6 Å². The molecule has 10 heteroatoms. The van der Waals surface area contributed by atoms with E-state index in [0.29, 0.717) is 33.4 Å². The molecule has 0 fully saturated rings. The lowest BCUT2D eigenvalue weighted by Crippen LogP contribution is -2.11. The summed E-state index contributed by atoms with van der Waals surface area (Å²) in [4.78, 5) is 16.2. The number of hydrogen-bond donors (Lipinski definition) is 1. The van der Waals surface area contributed by atoms with Crippen molar-refractivity contribution in [3.63, 3.8) is 0 Å². The van der Waals surface area contributed by atoms with Gasteiger partial charge in [-0.05, 0) is 37.3 Å². The van der Waals surface area contributed by atoms with Crippen molar-refractivity contribution in [3.8, 4) is 28.3 Å². The van der Waals surface area contributed by atoms with Gasteiger partial charge in [-0.15, -0.1) is 0 Å². The number of hydrogen-bond acceptors (Lipinski definition) is 7. The zero-order valence-corrected chi connectivity index (χ0v) is 17.8. The maximum absolute atomic E-state index is 11.9. The van der Waals surface area contributed by atoms with Gasteiger partial charge in [-0.2, -0.15) is 0 Å². The van der Waals surface area contributed by atoms with Gasteiger partial charge in [-0.25, -0.2) is 18.5 Å². The third kappa shape index (κ3) is 4.81. The van der Waals surface area contributed by atoms with Gasteiger partial charge in [0.1, 0.15) is 17.9 Å². The summed E-state index contributed by atoms with van der Waals surface area (Å²) in [5.74, 6) is 0.531. The molecule has 0 unspecified atom stereocenters. The minimum absolute atomic E-state index is 0.0319. The van der Waals surface area contributed by atoms with Gasteiger partial charge >= 0.3 is 5.97 Å². The maximum atomic E-state index is 11.9. The largest absolute Gasteiger partial charge is 0.495 e. The van der Waals surface area contributed by atoms with Gasteiger partial charge in [0.05, 0.1) is 23.6 Å². The van der Waals surface area contributed by atoms with Crippen LogP contribution in [0.5, 0.6) is 5.75 Å². The normalized spacial score (nSPS) is 11.3. The molecule has 0 radical (unpaired) electrons. The van der Waals surface area contributed by atoms with Crippen LogP contribution in [-0.2, 0) is 26.0 Å². The smallest absolute Gasteiger partial charge is 0.315 e. The average molecular weight is 451 g/mol. The number of carbonyl (C=O) groups excluding carboxylic acids is 1. The lowest BCUT2D eigenvalue weighted by molar-refractivity contribution is -0.142. The second-order valence-corrected chi connectivity index (χ2v) is 8.15. The molecule has 0 atom stereocenters. The summed E-state index contributed by atoms with van der Waals surface area (Å²) in [6, 6.07) is 10.9. The highest BCUT2D eigenvalue weighted by atomic mass is 35.5. The summed E-state index contributed by atoms with van der Waals surface area (Å²) in [5.41, 5.74) is 1.59. The number of nitrogens with zero attached hydrogens (tertiary/aromatic N) is 1. The lowest BCUT2D eigenvalue weighted by atomic mass is 10.1. The lowest BCUT2D eigenvalue weighted by Gasteiger charge is -2.06. The predicted octanol–water partition coefficient (Wildman–Crippen LogP) is 3.42. The Bertz CT molecular complexity index is 1170. The van der Waals surface area contributed by atoms with Crippen LogP contribution in [0.15, 0.2) is 51.8 Å². The van der Waals surface area contributed by atoms with E-state index in [2.05, 4.69) is 4.98 Å². The molecular weight excluding hydrogens is 432 g/mol. The SMILES string of the molecule is CCOC(=O)Cc1nc(-c2ccc(S(N)(=O)=O)cc2)c(-c2ccc(OC)c(Cl)c2)o1. The monoisotopic (exact) mass is 450 g/mol. The van der Waals surface area contributed by atoms with E-state index in [-0.39, 0.29) is 23.8 Å². The molecule has 0 bridgehead atoms. The van der Waals surface area contributed by atoms with Crippen molar-refractivity contribution in [3.05, 3.63) is 53.4 Å². The molecule has 1 heterocycles. The number of sulfonamides is 1. The Hall–Kier alpha value is -2.88. The van der Waals surface area contributed by atoms with Crippen molar-refractivity contribution < 1.29 is 27.1 Å². The van der Waals surface area contributed by atoms with Gasteiger partial charge in [0.25, 0.3) is 0 Å². The Kier molecular flexibility index (Phi) is 6.45. The number of rotatable bonds is 7. The predicted molar refractivity (Wildman–Crippen MR) is 111 cm³/mol. The van der Waals surface area contributed by atoms with E-state index >= 15 is 0 Å². The second-order valence-electron chi connectivity index (χ2n) is 6.19. The number of aromatic nitrogens is 1. The molecule has 2 aromatic carbocycles. The fourth-order valence-corrected chi connectivity index (χ4v) is 3.55. The zero-order valence-electron chi connectivity index (χ0n) is 16.2. The van der Waals surface area contributed by atoms with E-state index in [1.54, 1.807) is 37.3 Å². The molecule has 0 saturated heterocycles. The molecule has 0 aliphatic carbocycles. The van der Waals surface area contributed by atoms with Crippen LogP contribution >= 0.6 is 11.6 Å². The van der Waals surface area contributed by atoms with Crippen molar-refractivity contribution in [2.45, 2.75) is 18.2 Å². The number of primary sulfonamides is 1. The molecule has 0 amide bonds. The van der Waals surface area contributed by atoms with Crippen molar-refractivity contribution in [2.75, 3.05) is 13.7 Å². The summed E-state index contributed by atoms with van der Waals surface area (Å²) in [6.45, 7) is 1.94. The maximum Gasteiger partial charge on any atom is 0.315 e. The average Bonchev–Trinajstić information content (AvgIpc) is 3.11. The fraction of sp³-hybridized carbons (Fsp3) is 0.200. The molecule has 0 saturated carbocycles. The van der Waals surface area contributed by atoms with Crippen LogP contribution in [0.2, 0.25) is 5.02 Å². The highest BCUT2D eigenvalue weighted by Crippen LogP contribution is 2.36. The molecular formula is C20H19ClN2O6S. The number of oxazole rings is 1. The first-order chi connectivity index (χ1) is 14.2. The van der Waals surface area contributed by atoms with Gasteiger partial charge in [0.2, 0.25) is 15.9 Å². The van der Waals surface area contributed by atoms with Crippen LogP contribution in [-0.4, -0.2) is 33.1 Å². The molecule has 2 N–H and O–H groups in total. The van der Waals surface area contributed by atoms with Gasteiger partial charge in [-0.3, -0.25) is 4.79 Å². The van der Waals surface area contributed by atoms with Crippen molar-refractivity contribution in [1.82, 2.24) is 4.98 Å². The summed E-state index contributed by atoms with van der Waals surface area (Å²) in [6.07, 6.45) is -0.153. The Labute approximate surface area is 178 Å². The van der Waals surface area contributed by atoms with Gasteiger partial charge in [-0.1, -0.05) is 23.7 Å². The van der Waals surface area contributed by atoms with Crippen LogP contribution in [0.1, 0.15) is 12.8 Å². The standard InChI is InChI=1S/C20H19ClN2O6S/c1-3-28-18(24)11-17-23-19(12-4-7-14(8-5-12)30(22,25)26)20(29-17)13-6-9-16(27-2)15(21)10-13/h4-10H,3,11H2,1-2H3,(H2,22,25,26). The molecule has 0 spiro atoms. The van der Waals surface area contributed by atoms with Gasteiger partial charge < -0.3 is 13.9 Å². The number of halogens is 1. The van der Waals surface area contributed by atoms with E-state index in [1.807, 2.05) is 0 Å². The molecule has 158 valence electrons. The third-order valence-corrected chi connectivity index (χ3v) is 5.37.